The van der Waals surface area contributed by atoms with Gasteiger partial charge in [-0.15, -0.1) is 0 Å². The Morgan fingerprint density at radius 2 is 2.11 bits per heavy atom. The largest absolute Gasteiger partial charge is 0.352 e. The molecule has 1 aliphatic heterocycles. The van der Waals surface area contributed by atoms with Crippen LogP contribution in [0.1, 0.15) is 12.0 Å². The van der Waals surface area contributed by atoms with Crippen LogP contribution in [-0.4, -0.2) is 45.5 Å². The summed E-state index contributed by atoms with van der Waals surface area (Å²) in [6, 6.07) is 9.15. The molecule has 1 aromatic carbocycles. The molecule has 1 aliphatic rings. The van der Waals surface area contributed by atoms with Crippen LogP contribution in [0.25, 0.3) is 5.69 Å². The highest BCUT2D eigenvalue weighted by Gasteiger charge is 2.44. The average molecular weight is 374 g/mol. The van der Waals surface area contributed by atoms with Gasteiger partial charge in [0.2, 0.25) is 11.8 Å². The SMILES string of the molecule is C=CC(=O)N1CC(C(=O)NCc2ccccc2-n2cccn2)CC(F)(F)C1. The van der Waals surface area contributed by atoms with E-state index in [2.05, 4.69) is 17.0 Å². The maximum atomic E-state index is 14.0. The van der Waals surface area contributed by atoms with Crippen molar-refractivity contribution in [2.75, 3.05) is 13.1 Å². The molecule has 2 heterocycles. The van der Waals surface area contributed by atoms with Gasteiger partial charge < -0.3 is 10.2 Å². The summed E-state index contributed by atoms with van der Waals surface area (Å²) in [5.41, 5.74) is 1.59. The van der Waals surface area contributed by atoms with Crippen LogP contribution < -0.4 is 5.32 Å². The molecule has 8 heteroatoms. The monoisotopic (exact) mass is 374 g/mol. The lowest BCUT2D eigenvalue weighted by Crippen LogP contribution is -2.52. The number of hydrogen-bond acceptors (Lipinski definition) is 3. The summed E-state index contributed by atoms with van der Waals surface area (Å²) in [5.74, 6) is -5.19. The Kier molecular flexibility index (Phi) is 5.34. The summed E-state index contributed by atoms with van der Waals surface area (Å²) >= 11 is 0. The predicted molar refractivity (Wildman–Crippen MR) is 95.2 cm³/mol. The van der Waals surface area contributed by atoms with Crippen LogP contribution in [0.3, 0.4) is 0 Å². The second-order valence-corrected chi connectivity index (χ2v) is 6.48. The lowest BCUT2D eigenvalue weighted by molar-refractivity contribution is -0.147. The zero-order valence-corrected chi connectivity index (χ0v) is 14.6. The molecule has 1 N–H and O–H groups in total. The molecule has 0 bridgehead atoms. The third-order valence-electron chi connectivity index (χ3n) is 4.46. The highest BCUT2D eigenvalue weighted by molar-refractivity contribution is 5.88. The summed E-state index contributed by atoms with van der Waals surface area (Å²) in [5, 5.41) is 6.88. The Hall–Kier alpha value is -3.03. The number of nitrogens with one attached hydrogen (secondary N) is 1. The van der Waals surface area contributed by atoms with Gasteiger partial charge in [-0.1, -0.05) is 24.8 Å². The van der Waals surface area contributed by atoms with Gasteiger partial charge in [0.25, 0.3) is 5.92 Å². The van der Waals surface area contributed by atoms with Crippen LogP contribution in [0, 0.1) is 5.92 Å². The van der Waals surface area contributed by atoms with Crippen molar-refractivity contribution < 1.29 is 18.4 Å². The normalized spacial score (nSPS) is 18.7. The van der Waals surface area contributed by atoms with Crippen molar-refractivity contribution in [1.82, 2.24) is 20.0 Å². The number of nitrogens with zero attached hydrogens (tertiary/aromatic N) is 3. The van der Waals surface area contributed by atoms with Gasteiger partial charge in [0, 0.05) is 31.9 Å². The van der Waals surface area contributed by atoms with Gasteiger partial charge in [0.15, 0.2) is 0 Å². The number of carbonyl (C=O) groups excluding carboxylic acids is 2. The summed E-state index contributed by atoms with van der Waals surface area (Å²) in [6.45, 7) is 2.75. The minimum atomic E-state index is -3.11. The van der Waals surface area contributed by atoms with E-state index in [1.807, 2.05) is 24.3 Å². The molecule has 1 atom stereocenters. The molecule has 6 nitrogen and oxygen atoms in total. The minimum Gasteiger partial charge on any atom is -0.352 e. The van der Waals surface area contributed by atoms with E-state index in [-0.39, 0.29) is 13.1 Å². The first kappa shape index (κ1) is 18.8. The van der Waals surface area contributed by atoms with Crippen LogP contribution in [0.5, 0.6) is 0 Å². The fraction of sp³-hybridized carbons (Fsp3) is 0.316. The maximum absolute atomic E-state index is 14.0. The highest BCUT2D eigenvalue weighted by atomic mass is 19.3. The Labute approximate surface area is 155 Å². The number of hydrogen-bond donors (Lipinski definition) is 1. The van der Waals surface area contributed by atoms with Gasteiger partial charge in [-0.25, -0.2) is 13.5 Å². The van der Waals surface area contributed by atoms with E-state index in [0.717, 1.165) is 22.2 Å². The first-order valence-electron chi connectivity index (χ1n) is 8.54. The average Bonchev–Trinajstić information content (AvgIpc) is 3.19. The number of aromatic nitrogens is 2. The molecular formula is C19H20F2N4O2. The van der Waals surface area contributed by atoms with E-state index in [0.29, 0.717) is 0 Å². The van der Waals surface area contributed by atoms with Crippen molar-refractivity contribution in [2.24, 2.45) is 5.92 Å². The third-order valence-corrected chi connectivity index (χ3v) is 4.46. The Balaban J connectivity index is 1.69. The zero-order valence-electron chi connectivity index (χ0n) is 14.6. The number of piperidine rings is 1. The van der Waals surface area contributed by atoms with Crippen molar-refractivity contribution in [3.05, 3.63) is 60.9 Å². The first-order valence-corrected chi connectivity index (χ1v) is 8.54. The number of carbonyl (C=O) groups is 2. The molecule has 0 radical (unpaired) electrons. The van der Waals surface area contributed by atoms with E-state index < -0.39 is 36.6 Å². The van der Waals surface area contributed by atoms with Gasteiger partial charge in [0.1, 0.15) is 0 Å². The fourth-order valence-corrected chi connectivity index (χ4v) is 3.19. The van der Waals surface area contributed by atoms with E-state index >= 15 is 0 Å². The molecule has 1 fully saturated rings. The summed E-state index contributed by atoms with van der Waals surface area (Å²) in [6.07, 6.45) is 3.82. The minimum absolute atomic E-state index is 0.0485. The topological polar surface area (TPSA) is 67.2 Å². The number of benzene rings is 1. The second kappa shape index (κ2) is 7.69. The smallest absolute Gasteiger partial charge is 0.266 e. The number of para-hydroxylation sites is 1. The van der Waals surface area contributed by atoms with Gasteiger partial charge in [0.05, 0.1) is 18.2 Å². The zero-order chi connectivity index (χ0) is 19.4. The second-order valence-electron chi connectivity index (χ2n) is 6.48. The Morgan fingerprint density at radius 1 is 1.33 bits per heavy atom. The fourth-order valence-electron chi connectivity index (χ4n) is 3.19. The van der Waals surface area contributed by atoms with Crippen molar-refractivity contribution in [2.45, 2.75) is 18.9 Å². The summed E-state index contributed by atoms with van der Waals surface area (Å²) < 4.78 is 29.6. The van der Waals surface area contributed by atoms with Crippen molar-refractivity contribution in [1.29, 1.82) is 0 Å². The number of halogens is 2. The Bertz CT molecular complexity index is 836. The van der Waals surface area contributed by atoms with Crippen LogP contribution in [0.2, 0.25) is 0 Å². The van der Waals surface area contributed by atoms with Crippen LogP contribution in [0.15, 0.2) is 55.4 Å². The number of likely N-dealkylation sites (tertiary alicyclic amines) is 1. The van der Waals surface area contributed by atoms with Crippen LogP contribution in [0.4, 0.5) is 8.78 Å². The first-order chi connectivity index (χ1) is 12.9. The van der Waals surface area contributed by atoms with E-state index in [4.69, 9.17) is 0 Å². The Morgan fingerprint density at radius 3 is 2.81 bits per heavy atom. The number of alkyl halides is 2. The van der Waals surface area contributed by atoms with Crippen LogP contribution in [-0.2, 0) is 16.1 Å². The molecule has 1 unspecified atom stereocenters. The molecule has 0 spiro atoms. The highest BCUT2D eigenvalue weighted by Crippen LogP contribution is 2.30. The van der Waals surface area contributed by atoms with Gasteiger partial charge in [-0.05, 0) is 23.8 Å². The third kappa shape index (κ3) is 4.39. The van der Waals surface area contributed by atoms with Gasteiger partial charge in [-0.3, -0.25) is 9.59 Å². The van der Waals surface area contributed by atoms with Crippen LogP contribution >= 0.6 is 0 Å². The predicted octanol–water partition coefficient (Wildman–Crippen LogP) is 2.16. The van der Waals surface area contributed by atoms with Gasteiger partial charge in [-0.2, -0.15) is 5.10 Å². The standard InChI is InChI=1S/C19H20F2N4O2/c1-2-17(26)24-12-15(10-19(20,21)13-24)18(27)22-11-14-6-3-4-7-16(14)25-9-5-8-23-25/h2-9,15H,1,10-13H2,(H,22,27). The molecule has 0 aliphatic carbocycles. The molecule has 2 amide bonds. The number of rotatable bonds is 5. The number of amides is 2. The molecular weight excluding hydrogens is 354 g/mol. The van der Waals surface area contributed by atoms with E-state index in [1.54, 1.807) is 23.1 Å². The maximum Gasteiger partial charge on any atom is 0.266 e. The molecule has 1 aromatic heterocycles. The van der Waals surface area contributed by atoms with Crippen molar-refractivity contribution in [3.63, 3.8) is 0 Å². The quantitative estimate of drug-likeness (QED) is 0.816. The lowest BCUT2D eigenvalue weighted by atomic mass is 9.94. The molecule has 142 valence electrons. The van der Waals surface area contributed by atoms with E-state index in [9.17, 15) is 18.4 Å². The van der Waals surface area contributed by atoms with Crippen molar-refractivity contribution >= 4 is 11.8 Å². The molecule has 2 aromatic rings. The molecule has 1 saturated heterocycles. The van der Waals surface area contributed by atoms with Gasteiger partial charge >= 0.3 is 0 Å². The summed E-state index contributed by atoms with van der Waals surface area (Å²) in [4.78, 5) is 25.2. The van der Waals surface area contributed by atoms with Crippen molar-refractivity contribution in [3.8, 4) is 5.69 Å². The molecule has 3 rings (SSSR count). The lowest BCUT2D eigenvalue weighted by Gasteiger charge is -2.36. The van der Waals surface area contributed by atoms with E-state index in [1.165, 1.54) is 0 Å². The summed E-state index contributed by atoms with van der Waals surface area (Å²) in [7, 11) is 0. The molecule has 0 saturated carbocycles. The molecule has 27 heavy (non-hydrogen) atoms.